The summed E-state index contributed by atoms with van der Waals surface area (Å²) >= 11 is 0. The molecule has 0 bridgehead atoms. The van der Waals surface area contributed by atoms with Crippen LogP contribution in [0, 0.1) is 0 Å². The molecule has 2 aliphatic heterocycles. The number of nitrogens with two attached hydrogens (primary N) is 2. The predicted octanol–water partition coefficient (Wildman–Crippen LogP) is 2.67. The van der Waals surface area contributed by atoms with Crippen LogP contribution in [0.4, 0.5) is 22.7 Å². The lowest BCUT2D eigenvalue weighted by Gasteiger charge is -2.20. The van der Waals surface area contributed by atoms with Crippen LogP contribution in [-0.2, 0) is 0 Å². The van der Waals surface area contributed by atoms with Crippen molar-refractivity contribution >= 4 is 22.7 Å². The van der Waals surface area contributed by atoms with Gasteiger partial charge in [0.15, 0.2) is 0 Å². The molecule has 2 unspecified atom stereocenters. The average Bonchev–Trinajstić information content (AvgIpc) is 3.42. The van der Waals surface area contributed by atoms with Gasteiger partial charge in [0.05, 0.1) is 0 Å². The summed E-state index contributed by atoms with van der Waals surface area (Å²) in [5.74, 6) is 0. The Morgan fingerprint density at radius 3 is 1.47 bits per heavy atom. The second-order valence-electron chi connectivity index (χ2n) is 8.66. The molecular weight excluding hydrogens is 372 g/mol. The molecule has 6 heteroatoms. The molecule has 4 rings (SSSR count). The minimum Gasteiger partial charge on any atom is -0.399 e. The number of benzene rings is 2. The zero-order valence-corrected chi connectivity index (χ0v) is 17.9. The van der Waals surface area contributed by atoms with Gasteiger partial charge in [-0.3, -0.25) is 0 Å². The normalized spacial score (nSPS) is 21.5. The van der Waals surface area contributed by atoms with Gasteiger partial charge in [-0.25, -0.2) is 0 Å². The number of nitrogens with one attached hydrogen (secondary N) is 2. The number of rotatable bonds is 9. The molecule has 0 aliphatic carbocycles. The van der Waals surface area contributed by atoms with Crippen LogP contribution in [0.1, 0.15) is 25.7 Å². The molecule has 0 radical (unpaired) electrons. The number of hydrogen-bond acceptors (Lipinski definition) is 6. The van der Waals surface area contributed by atoms with Crippen molar-refractivity contribution in [3.8, 4) is 0 Å². The van der Waals surface area contributed by atoms with Crippen molar-refractivity contribution in [2.75, 3.05) is 60.5 Å². The van der Waals surface area contributed by atoms with Crippen molar-refractivity contribution in [1.82, 2.24) is 10.6 Å². The highest BCUT2D eigenvalue weighted by Crippen LogP contribution is 2.22. The molecule has 2 aliphatic rings. The number of unbranched alkanes of at least 4 members (excludes halogenated alkanes) is 1. The largest absolute Gasteiger partial charge is 0.399 e. The minimum atomic E-state index is 0.596. The van der Waals surface area contributed by atoms with Gasteiger partial charge in [-0.1, -0.05) is 0 Å². The number of nitrogen functional groups attached to an aromatic ring is 2. The van der Waals surface area contributed by atoms with Crippen molar-refractivity contribution in [3.05, 3.63) is 48.5 Å². The van der Waals surface area contributed by atoms with Crippen LogP contribution in [0.5, 0.6) is 0 Å². The molecule has 0 saturated carbocycles. The van der Waals surface area contributed by atoms with E-state index in [1.165, 1.54) is 37.1 Å². The first-order valence-corrected chi connectivity index (χ1v) is 11.3. The summed E-state index contributed by atoms with van der Waals surface area (Å²) in [7, 11) is 0. The lowest BCUT2D eigenvalue weighted by atomic mass is 10.2. The van der Waals surface area contributed by atoms with Gasteiger partial charge in [0.25, 0.3) is 0 Å². The predicted molar refractivity (Wildman–Crippen MR) is 128 cm³/mol. The van der Waals surface area contributed by atoms with Crippen molar-refractivity contribution in [2.45, 2.75) is 37.8 Å². The molecule has 0 aromatic heterocycles. The third-order valence-corrected chi connectivity index (χ3v) is 6.36. The fourth-order valence-corrected chi connectivity index (χ4v) is 4.56. The summed E-state index contributed by atoms with van der Waals surface area (Å²) in [5, 5.41) is 7.48. The van der Waals surface area contributed by atoms with E-state index in [2.05, 4.69) is 44.7 Å². The topological polar surface area (TPSA) is 82.6 Å². The maximum Gasteiger partial charge on any atom is 0.0368 e. The Bertz CT molecular complexity index is 708. The third-order valence-electron chi connectivity index (χ3n) is 6.36. The standard InChI is InChI=1S/C24H36N6/c25-19-3-7-23(8-4-19)29-15-11-21(17-29)27-13-1-2-14-28-22-12-16-30(18-22)24-9-5-20(26)6-10-24/h3-10,21-22,27-28H,1-2,11-18,25-26H2. The Labute approximate surface area is 180 Å². The maximum atomic E-state index is 5.79. The molecule has 162 valence electrons. The van der Waals surface area contributed by atoms with Crippen LogP contribution in [0.15, 0.2) is 48.5 Å². The van der Waals surface area contributed by atoms with Gasteiger partial charge in [-0.05, 0) is 87.3 Å². The van der Waals surface area contributed by atoms with Crippen molar-refractivity contribution in [3.63, 3.8) is 0 Å². The lowest BCUT2D eigenvalue weighted by molar-refractivity contribution is 0.497. The summed E-state index contributed by atoms with van der Waals surface area (Å²) in [5.41, 5.74) is 15.8. The summed E-state index contributed by atoms with van der Waals surface area (Å²) in [6.45, 7) is 6.62. The van der Waals surface area contributed by atoms with E-state index < -0.39 is 0 Å². The fraction of sp³-hybridized carbons (Fsp3) is 0.500. The van der Waals surface area contributed by atoms with Gasteiger partial charge < -0.3 is 31.9 Å². The second kappa shape index (κ2) is 10.0. The maximum absolute atomic E-state index is 5.79. The molecule has 2 aromatic rings. The molecule has 2 saturated heterocycles. The smallest absolute Gasteiger partial charge is 0.0368 e. The number of anilines is 4. The molecule has 2 fully saturated rings. The van der Waals surface area contributed by atoms with Crippen molar-refractivity contribution in [1.29, 1.82) is 0 Å². The Morgan fingerprint density at radius 1 is 0.667 bits per heavy atom. The molecule has 6 nitrogen and oxygen atoms in total. The monoisotopic (exact) mass is 408 g/mol. The number of nitrogens with zero attached hydrogens (tertiary/aromatic N) is 2. The molecule has 2 aromatic carbocycles. The molecule has 0 amide bonds. The van der Waals surface area contributed by atoms with Crippen LogP contribution in [0.2, 0.25) is 0 Å². The van der Waals surface area contributed by atoms with Crippen LogP contribution in [-0.4, -0.2) is 51.4 Å². The van der Waals surface area contributed by atoms with E-state index in [9.17, 15) is 0 Å². The zero-order valence-electron chi connectivity index (χ0n) is 17.9. The molecule has 0 spiro atoms. The molecule has 30 heavy (non-hydrogen) atoms. The van der Waals surface area contributed by atoms with E-state index >= 15 is 0 Å². The quantitative estimate of drug-likeness (QED) is 0.377. The van der Waals surface area contributed by atoms with Gasteiger partial charge in [0.1, 0.15) is 0 Å². The first-order valence-electron chi connectivity index (χ1n) is 11.3. The van der Waals surface area contributed by atoms with Gasteiger partial charge in [-0.2, -0.15) is 0 Å². The SMILES string of the molecule is Nc1ccc(N2CCC(NCCCCNC3CCN(c4ccc(N)cc4)C3)C2)cc1. The highest BCUT2D eigenvalue weighted by Gasteiger charge is 2.23. The fourth-order valence-electron chi connectivity index (χ4n) is 4.56. The summed E-state index contributed by atoms with van der Waals surface area (Å²) < 4.78 is 0. The number of hydrogen-bond donors (Lipinski definition) is 4. The molecule has 2 atom stereocenters. The van der Waals surface area contributed by atoms with Crippen LogP contribution < -0.4 is 31.9 Å². The van der Waals surface area contributed by atoms with Crippen LogP contribution in [0.25, 0.3) is 0 Å². The highest BCUT2D eigenvalue weighted by molar-refractivity contribution is 5.54. The van der Waals surface area contributed by atoms with E-state index in [4.69, 9.17) is 11.5 Å². The average molecular weight is 409 g/mol. The Morgan fingerprint density at radius 2 is 1.07 bits per heavy atom. The first-order chi connectivity index (χ1) is 14.7. The third kappa shape index (κ3) is 5.58. The van der Waals surface area contributed by atoms with Crippen LogP contribution in [0.3, 0.4) is 0 Å². The summed E-state index contributed by atoms with van der Waals surface area (Å²) in [4.78, 5) is 4.90. The van der Waals surface area contributed by atoms with E-state index in [1.54, 1.807) is 0 Å². The highest BCUT2D eigenvalue weighted by atomic mass is 15.2. The second-order valence-corrected chi connectivity index (χ2v) is 8.66. The zero-order chi connectivity index (χ0) is 20.8. The van der Waals surface area contributed by atoms with Gasteiger partial charge in [0, 0.05) is 61.0 Å². The van der Waals surface area contributed by atoms with E-state index in [0.717, 1.165) is 50.6 Å². The summed E-state index contributed by atoms with van der Waals surface area (Å²) in [6, 6.07) is 17.6. The Balaban J connectivity index is 1.06. The van der Waals surface area contributed by atoms with Gasteiger partial charge in [-0.15, -0.1) is 0 Å². The summed E-state index contributed by atoms with van der Waals surface area (Å²) in [6.07, 6.45) is 4.87. The van der Waals surface area contributed by atoms with Gasteiger partial charge >= 0.3 is 0 Å². The minimum absolute atomic E-state index is 0.596. The van der Waals surface area contributed by atoms with E-state index in [1.807, 2.05) is 24.3 Å². The first kappa shape index (κ1) is 20.8. The lowest BCUT2D eigenvalue weighted by Crippen LogP contribution is -2.35. The van der Waals surface area contributed by atoms with Crippen molar-refractivity contribution < 1.29 is 0 Å². The molecular formula is C24H36N6. The van der Waals surface area contributed by atoms with Gasteiger partial charge in [0.2, 0.25) is 0 Å². The van der Waals surface area contributed by atoms with E-state index in [0.29, 0.717) is 12.1 Å². The Hall–Kier alpha value is -2.44. The molecule has 2 heterocycles. The Kier molecular flexibility index (Phi) is 6.97. The van der Waals surface area contributed by atoms with Crippen molar-refractivity contribution in [2.24, 2.45) is 0 Å². The van der Waals surface area contributed by atoms with E-state index in [-0.39, 0.29) is 0 Å². The molecule has 6 N–H and O–H groups in total. The van der Waals surface area contributed by atoms with Crippen LogP contribution >= 0.6 is 0 Å².